The summed E-state index contributed by atoms with van der Waals surface area (Å²) in [7, 11) is 0. The molecule has 1 saturated heterocycles. The Hall–Kier alpha value is -3.38. The maximum absolute atomic E-state index is 13.3. The molecule has 5 rings (SSSR count). The van der Waals surface area contributed by atoms with Gasteiger partial charge in [0, 0.05) is 19.7 Å². The van der Waals surface area contributed by atoms with Crippen molar-refractivity contribution in [2.24, 2.45) is 0 Å². The number of nitrogens with one attached hydrogen (secondary N) is 1. The second kappa shape index (κ2) is 9.70. The Morgan fingerprint density at radius 3 is 2.57 bits per heavy atom. The molecule has 3 aromatic carbocycles. The summed E-state index contributed by atoms with van der Waals surface area (Å²) in [6, 6.07) is 17.0. The first-order chi connectivity index (χ1) is 16.9. The molecule has 176 valence electrons. The average molecular weight is 647 g/mol. The number of carbonyl (C=O) groups excluding carboxylic acids is 3. The van der Waals surface area contributed by atoms with Crippen LogP contribution in [0.5, 0.6) is 17.2 Å². The second-order valence-electron chi connectivity index (χ2n) is 7.59. The number of anilines is 1. The zero-order chi connectivity index (χ0) is 24.5. The Bertz CT molecular complexity index is 1390. The summed E-state index contributed by atoms with van der Waals surface area (Å²) in [5, 5.41) is 2.23. The van der Waals surface area contributed by atoms with E-state index in [4.69, 9.17) is 14.2 Å². The van der Waals surface area contributed by atoms with E-state index in [0.29, 0.717) is 29.4 Å². The average Bonchev–Trinajstić information content (AvgIpc) is 3.30. The summed E-state index contributed by atoms with van der Waals surface area (Å²) in [5.41, 5.74) is 1.51. The van der Waals surface area contributed by atoms with Crippen LogP contribution in [-0.2, 0) is 16.2 Å². The van der Waals surface area contributed by atoms with E-state index in [9.17, 15) is 14.4 Å². The Morgan fingerprint density at radius 1 is 1.00 bits per heavy atom. The van der Waals surface area contributed by atoms with Gasteiger partial charge in [-0.3, -0.25) is 14.9 Å². The van der Waals surface area contributed by atoms with Crippen molar-refractivity contribution in [2.75, 3.05) is 11.7 Å². The maximum Gasteiger partial charge on any atom is 0.335 e. The summed E-state index contributed by atoms with van der Waals surface area (Å²) in [5.74, 6) is -0.161. The molecule has 0 aromatic heterocycles. The number of halogens is 2. The van der Waals surface area contributed by atoms with Crippen LogP contribution in [0.3, 0.4) is 0 Å². The Kier molecular flexibility index (Phi) is 6.48. The van der Waals surface area contributed by atoms with Crippen LogP contribution < -0.4 is 24.4 Å². The minimum Gasteiger partial charge on any atom is -0.488 e. The van der Waals surface area contributed by atoms with Crippen molar-refractivity contribution in [3.05, 3.63) is 85.4 Å². The van der Waals surface area contributed by atoms with Crippen molar-refractivity contribution < 1.29 is 28.6 Å². The van der Waals surface area contributed by atoms with Gasteiger partial charge in [0.05, 0.1) is 5.69 Å². The van der Waals surface area contributed by atoms with Crippen LogP contribution in [0.2, 0.25) is 0 Å². The number of urea groups is 1. The summed E-state index contributed by atoms with van der Waals surface area (Å²) < 4.78 is 18.5. The molecular formula is C25H16BrIN2O6. The molecule has 0 unspecified atom stereocenters. The summed E-state index contributed by atoms with van der Waals surface area (Å²) in [6.45, 7) is 0.354. The zero-order valence-electron chi connectivity index (χ0n) is 17.9. The number of rotatable bonds is 5. The molecule has 0 atom stereocenters. The van der Waals surface area contributed by atoms with Gasteiger partial charge in [-0.2, -0.15) is 0 Å². The number of barbiturate groups is 1. The molecule has 10 heteroatoms. The lowest BCUT2D eigenvalue weighted by atomic mass is 10.1. The van der Waals surface area contributed by atoms with Crippen LogP contribution in [-0.4, -0.2) is 24.6 Å². The number of hydrogen-bond acceptors (Lipinski definition) is 6. The van der Waals surface area contributed by atoms with Crippen molar-refractivity contribution in [3.63, 3.8) is 0 Å². The highest BCUT2D eigenvalue weighted by Crippen LogP contribution is 2.36. The van der Waals surface area contributed by atoms with Crippen molar-refractivity contribution in [3.8, 4) is 17.2 Å². The quantitative estimate of drug-likeness (QED) is 0.238. The number of hydrogen-bond donors (Lipinski definition) is 1. The van der Waals surface area contributed by atoms with Gasteiger partial charge in [0.15, 0.2) is 11.5 Å². The Labute approximate surface area is 222 Å². The van der Waals surface area contributed by atoms with Gasteiger partial charge in [0.25, 0.3) is 11.8 Å². The first-order valence-electron chi connectivity index (χ1n) is 10.4. The number of imide groups is 2. The molecule has 2 aliphatic rings. The fourth-order valence-electron chi connectivity index (χ4n) is 3.58. The maximum atomic E-state index is 13.3. The van der Waals surface area contributed by atoms with Crippen LogP contribution >= 0.6 is 38.5 Å². The van der Waals surface area contributed by atoms with Crippen molar-refractivity contribution >= 4 is 68.1 Å². The van der Waals surface area contributed by atoms with E-state index in [1.165, 1.54) is 12.1 Å². The number of ether oxygens (including phenoxy) is 3. The van der Waals surface area contributed by atoms with Crippen LogP contribution in [0.4, 0.5) is 10.5 Å². The van der Waals surface area contributed by atoms with Crippen LogP contribution in [0.25, 0.3) is 6.08 Å². The first kappa shape index (κ1) is 23.4. The first-order valence-corrected chi connectivity index (χ1v) is 12.2. The molecule has 0 bridgehead atoms. The van der Waals surface area contributed by atoms with Crippen molar-refractivity contribution in [2.45, 2.75) is 6.61 Å². The number of nitrogens with zero attached hydrogens (tertiary/aromatic N) is 1. The van der Waals surface area contributed by atoms with Gasteiger partial charge in [-0.05, 0) is 76.7 Å². The Balaban J connectivity index is 1.46. The van der Waals surface area contributed by atoms with Gasteiger partial charge in [-0.15, -0.1) is 0 Å². The van der Waals surface area contributed by atoms with E-state index >= 15 is 0 Å². The lowest BCUT2D eigenvalue weighted by Gasteiger charge is -2.26. The van der Waals surface area contributed by atoms with Crippen molar-refractivity contribution in [1.82, 2.24) is 5.32 Å². The monoisotopic (exact) mass is 646 g/mol. The highest BCUT2D eigenvalue weighted by Gasteiger charge is 2.37. The molecule has 8 nitrogen and oxygen atoms in total. The van der Waals surface area contributed by atoms with E-state index in [0.717, 1.165) is 18.5 Å². The normalized spacial score (nSPS) is 16.0. The van der Waals surface area contributed by atoms with Gasteiger partial charge >= 0.3 is 6.03 Å². The predicted octanol–water partition coefficient (Wildman–Crippen LogP) is 5.03. The molecule has 2 aliphatic heterocycles. The second-order valence-corrected chi connectivity index (χ2v) is 9.75. The standard InChI is InChI=1S/C25H16BrIN2O6/c26-16-3-7-20(33-12-14-1-4-17(27)5-2-14)15(9-16)10-19-23(30)28-25(32)29(24(19)31)18-6-8-21-22(11-18)35-13-34-21/h1-11H,12-13H2,(H,28,30,32)/b19-10+. The van der Waals surface area contributed by atoms with Gasteiger partial charge in [-0.1, -0.05) is 28.1 Å². The lowest BCUT2D eigenvalue weighted by Crippen LogP contribution is -2.54. The molecular weight excluding hydrogens is 631 g/mol. The predicted molar refractivity (Wildman–Crippen MR) is 139 cm³/mol. The molecule has 3 aromatic rings. The lowest BCUT2D eigenvalue weighted by molar-refractivity contribution is -0.122. The third-order valence-corrected chi connectivity index (χ3v) is 6.51. The molecule has 1 fully saturated rings. The third-order valence-electron chi connectivity index (χ3n) is 5.30. The smallest absolute Gasteiger partial charge is 0.335 e. The summed E-state index contributed by atoms with van der Waals surface area (Å²) >= 11 is 5.65. The molecule has 0 radical (unpaired) electrons. The number of fused-ring (bicyclic) bond motifs is 1. The fourth-order valence-corrected chi connectivity index (χ4v) is 4.32. The fraction of sp³-hybridized carbons (Fsp3) is 0.0800. The third kappa shape index (κ3) is 4.89. The molecule has 4 amide bonds. The SMILES string of the molecule is O=C1NC(=O)N(c2ccc3c(c2)OCO3)C(=O)/C1=C/c1cc(Br)ccc1OCc1ccc(I)cc1. The zero-order valence-corrected chi connectivity index (χ0v) is 21.7. The van der Waals surface area contributed by atoms with E-state index in [2.05, 4.69) is 43.8 Å². The van der Waals surface area contributed by atoms with E-state index in [1.54, 1.807) is 30.3 Å². The molecule has 1 N–H and O–H groups in total. The highest BCUT2D eigenvalue weighted by atomic mass is 127. The molecule has 2 heterocycles. The molecule has 0 spiro atoms. The van der Waals surface area contributed by atoms with Crippen LogP contribution in [0.1, 0.15) is 11.1 Å². The van der Waals surface area contributed by atoms with Crippen molar-refractivity contribution in [1.29, 1.82) is 0 Å². The van der Waals surface area contributed by atoms with E-state index in [-0.39, 0.29) is 18.1 Å². The molecule has 35 heavy (non-hydrogen) atoms. The van der Waals surface area contributed by atoms with E-state index in [1.807, 2.05) is 24.3 Å². The minimum absolute atomic E-state index is 0.0520. The minimum atomic E-state index is -0.847. The highest BCUT2D eigenvalue weighted by molar-refractivity contribution is 14.1. The largest absolute Gasteiger partial charge is 0.488 e. The molecule has 0 aliphatic carbocycles. The Morgan fingerprint density at radius 2 is 1.77 bits per heavy atom. The number of benzene rings is 3. The van der Waals surface area contributed by atoms with E-state index < -0.39 is 17.8 Å². The topological polar surface area (TPSA) is 94.2 Å². The van der Waals surface area contributed by atoms with Gasteiger partial charge in [-0.25, -0.2) is 9.69 Å². The number of carbonyl (C=O) groups is 3. The van der Waals surface area contributed by atoms with Crippen LogP contribution in [0, 0.1) is 3.57 Å². The number of amides is 4. The molecule has 0 saturated carbocycles. The summed E-state index contributed by atoms with van der Waals surface area (Å²) in [6.07, 6.45) is 1.41. The van der Waals surface area contributed by atoms with Gasteiger partial charge in [0.1, 0.15) is 17.9 Å². The van der Waals surface area contributed by atoms with Crippen LogP contribution in [0.15, 0.2) is 70.7 Å². The summed E-state index contributed by atoms with van der Waals surface area (Å²) in [4.78, 5) is 39.4. The van der Waals surface area contributed by atoms with Gasteiger partial charge < -0.3 is 14.2 Å². The van der Waals surface area contributed by atoms with Gasteiger partial charge in [0.2, 0.25) is 6.79 Å².